The van der Waals surface area contributed by atoms with Gasteiger partial charge in [0.15, 0.2) is 0 Å². The summed E-state index contributed by atoms with van der Waals surface area (Å²) >= 11 is 0. The summed E-state index contributed by atoms with van der Waals surface area (Å²) in [5.41, 5.74) is 6.68. The Hall–Kier alpha value is -0.820. The molecule has 1 nitrogen and oxygen atoms in total. The van der Waals surface area contributed by atoms with E-state index >= 15 is 0 Å². The van der Waals surface area contributed by atoms with Crippen LogP contribution in [0.5, 0.6) is 0 Å². The fraction of sp³-hybridized carbons (Fsp3) is 0.500. The van der Waals surface area contributed by atoms with Gasteiger partial charge in [0.1, 0.15) is 0 Å². The van der Waals surface area contributed by atoms with Gasteiger partial charge in [0.2, 0.25) is 0 Å². The van der Waals surface area contributed by atoms with E-state index in [2.05, 4.69) is 12.1 Å². The van der Waals surface area contributed by atoms with E-state index in [4.69, 9.17) is 5.73 Å². The van der Waals surface area contributed by atoms with E-state index < -0.39 is 0 Å². The summed E-state index contributed by atoms with van der Waals surface area (Å²) < 4.78 is 0. The van der Waals surface area contributed by atoms with Gasteiger partial charge in [-0.15, -0.1) is 0 Å². The quantitative estimate of drug-likeness (QED) is 0.744. The molecule has 0 amide bonds. The fourth-order valence-corrected chi connectivity index (χ4v) is 0.811. The molecule has 0 spiro atoms. The molecule has 1 aromatic carbocycles. The Morgan fingerprint density at radius 2 is 1.38 bits per heavy atom. The minimum Gasteiger partial charge on any atom is -0.330 e. The van der Waals surface area contributed by atoms with Gasteiger partial charge in [0.25, 0.3) is 0 Å². The third kappa shape index (κ3) is 9.09. The van der Waals surface area contributed by atoms with Gasteiger partial charge in [0.05, 0.1) is 0 Å². The van der Waals surface area contributed by atoms with E-state index in [0.717, 1.165) is 13.0 Å². The van der Waals surface area contributed by atoms with Crippen molar-refractivity contribution in [2.75, 3.05) is 6.54 Å². The van der Waals surface area contributed by atoms with Crippen molar-refractivity contribution in [1.82, 2.24) is 0 Å². The standard InChI is InChI=1S/C8H11N.2C2H6/c9-7-6-8-4-2-1-3-5-8;2*1-2/h1-5H,6-7,9H2;2*1-2H3. The first-order valence-electron chi connectivity index (χ1n) is 5.17. The second kappa shape index (κ2) is 13.7. The first-order chi connectivity index (χ1) is 6.43. The van der Waals surface area contributed by atoms with Crippen molar-refractivity contribution in [3.63, 3.8) is 0 Å². The Morgan fingerprint density at radius 1 is 0.923 bits per heavy atom. The van der Waals surface area contributed by atoms with Crippen LogP contribution in [0.15, 0.2) is 30.3 Å². The molecule has 0 heterocycles. The molecule has 1 rings (SSSR count). The summed E-state index contributed by atoms with van der Waals surface area (Å²) in [6, 6.07) is 10.3. The molecule has 0 aliphatic rings. The molecule has 1 heteroatoms. The molecular formula is C12H23N. The third-order valence-corrected chi connectivity index (χ3v) is 1.28. The topological polar surface area (TPSA) is 26.0 Å². The van der Waals surface area contributed by atoms with E-state index in [9.17, 15) is 0 Å². The Labute approximate surface area is 83.0 Å². The normalized spacial score (nSPS) is 7.46. The summed E-state index contributed by atoms with van der Waals surface area (Å²) in [6.45, 7) is 8.74. The van der Waals surface area contributed by atoms with Gasteiger partial charge in [-0.3, -0.25) is 0 Å². The minimum absolute atomic E-state index is 0.740. The van der Waals surface area contributed by atoms with Gasteiger partial charge in [-0.2, -0.15) is 0 Å². The first-order valence-corrected chi connectivity index (χ1v) is 5.17. The van der Waals surface area contributed by atoms with Crippen LogP contribution in [0.1, 0.15) is 33.3 Å². The van der Waals surface area contributed by atoms with Gasteiger partial charge in [0, 0.05) is 0 Å². The molecule has 0 aliphatic carbocycles. The van der Waals surface area contributed by atoms with Crippen LogP contribution < -0.4 is 5.73 Å². The lowest BCUT2D eigenvalue weighted by Gasteiger charge is -1.93. The molecule has 0 aromatic heterocycles. The van der Waals surface area contributed by atoms with Crippen LogP contribution in [0.4, 0.5) is 0 Å². The second-order valence-electron chi connectivity index (χ2n) is 2.02. The minimum atomic E-state index is 0.740. The predicted molar refractivity (Wildman–Crippen MR) is 61.9 cm³/mol. The average Bonchev–Trinajstić information content (AvgIpc) is 2.26. The van der Waals surface area contributed by atoms with Crippen molar-refractivity contribution in [2.45, 2.75) is 34.1 Å². The zero-order valence-electron chi connectivity index (χ0n) is 9.38. The van der Waals surface area contributed by atoms with Crippen molar-refractivity contribution in [2.24, 2.45) is 5.73 Å². The lowest BCUT2D eigenvalue weighted by Crippen LogP contribution is -2.01. The van der Waals surface area contributed by atoms with Gasteiger partial charge in [-0.05, 0) is 18.5 Å². The number of rotatable bonds is 2. The molecule has 0 radical (unpaired) electrons. The van der Waals surface area contributed by atoms with Crippen molar-refractivity contribution in [3.05, 3.63) is 35.9 Å². The molecule has 2 N–H and O–H groups in total. The van der Waals surface area contributed by atoms with Crippen LogP contribution >= 0.6 is 0 Å². The summed E-state index contributed by atoms with van der Waals surface area (Å²) in [5, 5.41) is 0. The van der Waals surface area contributed by atoms with E-state index in [-0.39, 0.29) is 0 Å². The van der Waals surface area contributed by atoms with Crippen LogP contribution in [-0.2, 0) is 6.42 Å². The fourth-order valence-electron chi connectivity index (χ4n) is 0.811. The molecule has 0 saturated carbocycles. The summed E-state index contributed by atoms with van der Waals surface area (Å²) in [4.78, 5) is 0. The number of benzene rings is 1. The maximum Gasteiger partial charge on any atom is -0.00367 e. The van der Waals surface area contributed by atoms with Crippen LogP contribution in [0, 0.1) is 0 Å². The van der Waals surface area contributed by atoms with Crippen molar-refractivity contribution in [1.29, 1.82) is 0 Å². The molecule has 0 fully saturated rings. The van der Waals surface area contributed by atoms with E-state index in [1.165, 1.54) is 5.56 Å². The Bertz CT molecular complexity index is 158. The molecule has 0 saturated heterocycles. The second-order valence-corrected chi connectivity index (χ2v) is 2.02. The maximum absolute atomic E-state index is 5.36. The molecule has 76 valence electrons. The first kappa shape index (κ1) is 14.7. The van der Waals surface area contributed by atoms with Crippen LogP contribution in [0.2, 0.25) is 0 Å². The van der Waals surface area contributed by atoms with E-state index in [1.807, 2.05) is 45.9 Å². The predicted octanol–water partition coefficient (Wildman–Crippen LogP) is 3.24. The van der Waals surface area contributed by atoms with Gasteiger partial charge >= 0.3 is 0 Å². The zero-order chi connectivity index (χ0) is 10.5. The highest BCUT2D eigenvalue weighted by Gasteiger charge is 1.84. The van der Waals surface area contributed by atoms with E-state index in [1.54, 1.807) is 0 Å². The highest BCUT2D eigenvalue weighted by molar-refractivity contribution is 5.14. The SMILES string of the molecule is CC.CC.NCCc1ccccc1. The number of nitrogens with two attached hydrogens (primary N) is 1. The maximum atomic E-state index is 5.36. The van der Waals surface area contributed by atoms with Crippen molar-refractivity contribution >= 4 is 0 Å². The lowest BCUT2D eigenvalue weighted by atomic mass is 10.2. The highest BCUT2D eigenvalue weighted by atomic mass is 14.5. The van der Waals surface area contributed by atoms with Crippen LogP contribution in [0.25, 0.3) is 0 Å². The summed E-state index contributed by atoms with van der Waals surface area (Å²) in [5.74, 6) is 0. The smallest absolute Gasteiger partial charge is 0.00367 e. The zero-order valence-corrected chi connectivity index (χ0v) is 9.38. The van der Waals surface area contributed by atoms with Crippen molar-refractivity contribution < 1.29 is 0 Å². The largest absolute Gasteiger partial charge is 0.330 e. The molecule has 0 unspecified atom stereocenters. The molecule has 0 aliphatic heterocycles. The Balaban J connectivity index is 0. The average molecular weight is 181 g/mol. The van der Waals surface area contributed by atoms with Crippen LogP contribution in [0.3, 0.4) is 0 Å². The van der Waals surface area contributed by atoms with Gasteiger partial charge < -0.3 is 5.73 Å². The van der Waals surface area contributed by atoms with Crippen molar-refractivity contribution in [3.8, 4) is 0 Å². The van der Waals surface area contributed by atoms with Gasteiger partial charge in [-0.1, -0.05) is 58.0 Å². The van der Waals surface area contributed by atoms with E-state index in [0.29, 0.717) is 0 Å². The lowest BCUT2D eigenvalue weighted by molar-refractivity contribution is 0.969. The molecule has 0 atom stereocenters. The molecule has 13 heavy (non-hydrogen) atoms. The molecule has 0 bridgehead atoms. The summed E-state index contributed by atoms with van der Waals surface area (Å²) in [7, 11) is 0. The summed E-state index contributed by atoms with van der Waals surface area (Å²) in [6.07, 6.45) is 0.987. The number of hydrogen-bond donors (Lipinski definition) is 1. The van der Waals surface area contributed by atoms with Gasteiger partial charge in [-0.25, -0.2) is 0 Å². The highest BCUT2D eigenvalue weighted by Crippen LogP contribution is 1.96. The van der Waals surface area contributed by atoms with Crippen LogP contribution in [-0.4, -0.2) is 6.54 Å². The Morgan fingerprint density at radius 3 is 1.77 bits per heavy atom. The Kier molecular flexibility index (Phi) is 15.5. The third-order valence-electron chi connectivity index (χ3n) is 1.28. The molecule has 1 aromatic rings. The molecular weight excluding hydrogens is 158 g/mol. The number of hydrogen-bond acceptors (Lipinski definition) is 1. The monoisotopic (exact) mass is 181 g/mol.